The van der Waals surface area contributed by atoms with Crippen LogP contribution in [0.2, 0.25) is 0 Å². The number of benzene rings is 1. The van der Waals surface area contributed by atoms with Crippen LogP contribution in [0.25, 0.3) is 10.9 Å². The van der Waals surface area contributed by atoms with Gasteiger partial charge in [-0.25, -0.2) is 0 Å². The molecule has 2 aromatic rings. The highest BCUT2D eigenvalue weighted by Crippen LogP contribution is 2.38. The van der Waals surface area contributed by atoms with Crippen LogP contribution in [-0.4, -0.2) is 189 Å². The van der Waals surface area contributed by atoms with Crippen molar-refractivity contribution in [3.63, 3.8) is 0 Å². The summed E-state index contributed by atoms with van der Waals surface area (Å²) in [4.78, 5) is 130. The second-order valence-electron chi connectivity index (χ2n) is 18.5. The van der Waals surface area contributed by atoms with E-state index in [1.54, 1.807) is 37.7 Å². The lowest BCUT2D eigenvalue weighted by Gasteiger charge is -2.32. The number of nitrogens with two attached hydrogens (primary N) is 1. The Labute approximate surface area is 421 Å². The molecule has 2 saturated heterocycles. The van der Waals surface area contributed by atoms with E-state index < -0.39 is 176 Å². The molecule has 5 heterocycles. The predicted molar refractivity (Wildman–Crippen MR) is 260 cm³/mol. The molecule has 0 aliphatic carbocycles. The molecule has 12 atom stereocenters. The molecule has 2 fully saturated rings. The van der Waals surface area contributed by atoms with Crippen LogP contribution >= 0.6 is 11.8 Å². The zero-order valence-corrected chi connectivity index (χ0v) is 42.0. The van der Waals surface area contributed by atoms with Crippen molar-refractivity contribution in [1.29, 1.82) is 0 Å². The van der Waals surface area contributed by atoms with Crippen LogP contribution < -0.4 is 53.0 Å². The number of fused-ring (bicyclic) bond motifs is 5. The number of aliphatic hydroxyl groups is 3. The molecular formula is C45H65N11O14S2. The number of H-pyrrole nitrogens is 1. The molecule has 2 bridgehead atoms. The maximum absolute atomic E-state index is 15.1. The van der Waals surface area contributed by atoms with Crippen molar-refractivity contribution in [2.75, 3.05) is 52.2 Å². The van der Waals surface area contributed by atoms with Gasteiger partial charge in [0.05, 0.1) is 51.0 Å². The summed E-state index contributed by atoms with van der Waals surface area (Å²) < 4.78 is 20.9. The van der Waals surface area contributed by atoms with Gasteiger partial charge in [-0.2, -0.15) is 11.8 Å². The first-order valence-corrected chi connectivity index (χ1v) is 26.1. The van der Waals surface area contributed by atoms with E-state index in [0.29, 0.717) is 34.4 Å². The fourth-order valence-electron chi connectivity index (χ4n) is 9.12. The van der Waals surface area contributed by atoms with Crippen LogP contribution in [0.1, 0.15) is 57.6 Å². The minimum Gasteiger partial charge on any atom is -0.610 e. The van der Waals surface area contributed by atoms with Crippen molar-refractivity contribution in [3.05, 3.63) is 23.3 Å². The van der Waals surface area contributed by atoms with Gasteiger partial charge in [-0.3, -0.25) is 43.2 Å². The van der Waals surface area contributed by atoms with Crippen molar-refractivity contribution in [2.24, 2.45) is 17.6 Å². The Morgan fingerprint density at radius 2 is 1.64 bits per heavy atom. The van der Waals surface area contributed by atoms with Gasteiger partial charge in [0.1, 0.15) is 41.7 Å². The van der Waals surface area contributed by atoms with Gasteiger partial charge < -0.3 is 82.8 Å². The monoisotopic (exact) mass is 1050 g/mol. The first-order valence-electron chi connectivity index (χ1n) is 23.8. The Morgan fingerprint density at radius 1 is 0.931 bits per heavy atom. The quantitative estimate of drug-likeness (QED) is 0.0937. The Bertz CT molecular complexity index is 2390. The van der Waals surface area contributed by atoms with E-state index in [4.69, 9.17) is 10.5 Å². The maximum Gasteiger partial charge on any atom is 0.248 e. The number of carbonyl (C=O) groups excluding carboxylic acids is 9. The largest absolute Gasteiger partial charge is 0.610 e. The van der Waals surface area contributed by atoms with Gasteiger partial charge in [0, 0.05) is 70.5 Å². The SMILES string of the molecule is CC[C@H](C)[C@@H]1NC(=O)CNC(=O)[C@@H]2Cc3c([nH]c4c(CSC5CCNC5)c(OC)ccc34)[S+]([O-])C[C@H](NC(=O)CNC1=O)C(=O)N[C@@H](CC(N)=O)C(=O)N1C[C@H](O)C[C@@H]1C(=O)N[C@@H]([C@@H](C)[C@@H](O)CO)C(=O)N2. The van der Waals surface area contributed by atoms with Crippen molar-refractivity contribution in [2.45, 2.75) is 117 Å². The molecule has 396 valence electrons. The highest BCUT2D eigenvalue weighted by Gasteiger charge is 2.45. The smallest absolute Gasteiger partial charge is 0.248 e. The summed E-state index contributed by atoms with van der Waals surface area (Å²) in [7, 11) is 1.47. The summed E-state index contributed by atoms with van der Waals surface area (Å²) in [5.74, 6) is -10.7. The number of nitrogens with zero attached hydrogens (tertiary/aromatic N) is 1. The number of ether oxygens (including phenoxy) is 1. The normalized spacial score (nSPS) is 28.8. The summed E-state index contributed by atoms with van der Waals surface area (Å²) in [6.07, 6.45) is -3.46. The molecule has 1 aromatic carbocycles. The zero-order valence-electron chi connectivity index (χ0n) is 40.4. The number of methoxy groups -OCH3 is 1. The molecule has 25 nitrogen and oxygen atoms in total. The third-order valence-electron chi connectivity index (χ3n) is 13.5. The topological polar surface area (TPSA) is 388 Å². The summed E-state index contributed by atoms with van der Waals surface area (Å²) in [5.41, 5.74) is 6.78. The first kappa shape index (κ1) is 55.6. The number of nitrogens with one attached hydrogen (secondary N) is 9. The lowest BCUT2D eigenvalue weighted by Crippen LogP contribution is -2.62. The van der Waals surface area contributed by atoms with Gasteiger partial charge in [-0.15, -0.1) is 0 Å². The number of aromatic amines is 1. The lowest BCUT2D eigenvalue weighted by molar-refractivity contribution is -0.144. The molecule has 27 heteroatoms. The van der Waals surface area contributed by atoms with Crippen molar-refractivity contribution < 1.29 is 67.8 Å². The number of rotatable bonds is 11. The molecule has 9 amide bonds. The molecule has 4 aliphatic heterocycles. The summed E-state index contributed by atoms with van der Waals surface area (Å²) in [6.45, 7) is 3.44. The lowest BCUT2D eigenvalue weighted by atomic mass is 9.93. The number of aromatic nitrogens is 1. The van der Waals surface area contributed by atoms with Crippen LogP contribution in [0.3, 0.4) is 0 Å². The first-order chi connectivity index (χ1) is 34.2. The molecule has 14 N–H and O–H groups in total. The number of hydrogen-bond acceptors (Lipinski definition) is 16. The molecule has 72 heavy (non-hydrogen) atoms. The zero-order chi connectivity index (χ0) is 52.6. The number of amides is 9. The van der Waals surface area contributed by atoms with Crippen LogP contribution in [-0.2, 0) is 66.5 Å². The summed E-state index contributed by atoms with van der Waals surface area (Å²) in [5, 5.41) is 53.1. The third-order valence-corrected chi connectivity index (χ3v) is 16.3. The third kappa shape index (κ3) is 13.3. The average Bonchev–Trinajstić information content (AvgIpc) is 4.12. The molecule has 2 unspecified atom stereocenters. The van der Waals surface area contributed by atoms with Gasteiger partial charge in [0.15, 0.2) is 6.04 Å². The Kier molecular flexibility index (Phi) is 19.2. The minimum absolute atomic E-state index is 0.0802. The molecule has 6 rings (SSSR count). The van der Waals surface area contributed by atoms with Gasteiger partial charge in [-0.1, -0.05) is 27.2 Å². The highest BCUT2D eigenvalue weighted by atomic mass is 32.2. The van der Waals surface area contributed by atoms with Crippen molar-refractivity contribution >= 4 is 87.0 Å². The Hall–Kier alpha value is -5.71. The second kappa shape index (κ2) is 24.8. The number of hydrogen-bond donors (Lipinski definition) is 13. The maximum atomic E-state index is 15.1. The number of aliphatic hydroxyl groups excluding tert-OH is 3. The molecule has 0 saturated carbocycles. The van der Waals surface area contributed by atoms with E-state index in [9.17, 15) is 58.5 Å². The average molecular weight is 1050 g/mol. The van der Waals surface area contributed by atoms with Crippen LogP contribution in [0.15, 0.2) is 17.2 Å². The molecule has 0 spiro atoms. The highest BCUT2D eigenvalue weighted by molar-refractivity contribution is 7.99. The Balaban J connectivity index is 1.58. The molecular weight excluding hydrogens is 983 g/mol. The Morgan fingerprint density at radius 3 is 2.29 bits per heavy atom. The van der Waals surface area contributed by atoms with Crippen molar-refractivity contribution in [3.8, 4) is 5.75 Å². The summed E-state index contributed by atoms with van der Waals surface area (Å²) >= 11 is -0.736. The standard InChI is InChI=1S/C45H65N11O14S2/c1-5-20(2)36-42(66)49-14-34(61)50-29-19-72(69)44-25(24-6-7-32(70-4)26(38(24)55-44)18-71-23-8-9-47-13-23)11-27(39(63)48-15-35(62)53-36)51-43(67)37(21(3)31(59)17-57)54-41(65)30-10-22(58)16-56(30)45(68)28(12-33(46)60)52-40(29)64/h6-7,20-23,27-31,36-37,47,55,57-59H,5,8-19H2,1-4H3,(H2,46,60)(H,48,63)(H,49,66)(H,50,61)(H,51,67)(H,52,64)(H,53,62)(H,54,65)/t20-,21-,22+,23?,27-,28-,29-,30+,31-,36-,37-,72?/m0/s1. The van der Waals surface area contributed by atoms with Gasteiger partial charge in [-0.05, 0) is 31.0 Å². The van der Waals surface area contributed by atoms with E-state index in [-0.39, 0.29) is 15.8 Å². The minimum atomic E-state index is -2.37. The molecule has 4 aliphatic rings. The second-order valence-corrected chi connectivity index (χ2v) is 21.2. The summed E-state index contributed by atoms with van der Waals surface area (Å²) in [6, 6.07) is -6.59. The van der Waals surface area contributed by atoms with Gasteiger partial charge in [0.25, 0.3) is 0 Å². The van der Waals surface area contributed by atoms with Crippen LogP contribution in [0, 0.1) is 11.8 Å². The predicted octanol–water partition coefficient (Wildman–Crippen LogP) is -5.02. The van der Waals surface area contributed by atoms with E-state index >= 15 is 4.55 Å². The van der Waals surface area contributed by atoms with E-state index in [0.717, 1.165) is 24.4 Å². The number of primary amides is 1. The van der Waals surface area contributed by atoms with E-state index in [1.807, 2.05) is 0 Å². The molecule has 0 radical (unpaired) electrons. The number of thioether (sulfide) groups is 1. The van der Waals surface area contributed by atoms with E-state index in [2.05, 4.69) is 47.5 Å². The van der Waals surface area contributed by atoms with Gasteiger partial charge in [0.2, 0.25) is 58.2 Å². The van der Waals surface area contributed by atoms with Crippen LogP contribution in [0.4, 0.5) is 0 Å². The molecule has 1 aromatic heterocycles. The van der Waals surface area contributed by atoms with Crippen LogP contribution in [0.5, 0.6) is 5.75 Å². The fraction of sp³-hybridized carbons (Fsp3) is 0.622. The van der Waals surface area contributed by atoms with Crippen molar-refractivity contribution in [1.82, 2.24) is 52.4 Å². The number of carbonyl (C=O) groups is 9. The van der Waals surface area contributed by atoms with Gasteiger partial charge >= 0.3 is 0 Å². The van der Waals surface area contributed by atoms with E-state index in [1.165, 1.54) is 14.0 Å². The fourth-order valence-corrected chi connectivity index (χ4v) is 11.7.